The van der Waals surface area contributed by atoms with Crippen LogP contribution < -0.4 is 0 Å². The lowest BCUT2D eigenvalue weighted by molar-refractivity contribution is 0.0672. The van der Waals surface area contributed by atoms with Gasteiger partial charge in [0.2, 0.25) is 15.0 Å². The summed E-state index contributed by atoms with van der Waals surface area (Å²) in [6.45, 7) is 4.92. The maximum absolute atomic E-state index is 13.7. The monoisotopic (exact) mass is 523 g/mol. The van der Waals surface area contributed by atoms with Crippen LogP contribution in [0.15, 0.2) is 59.9 Å². The van der Waals surface area contributed by atoms with Crippen LogP contribution in [0.4, 0.5) is 0 Å². The second-order valence-corrected chi connectivity index (χ2v) is 11.9. The molecule has 198 valence electrons. The van der Waals surface area contributed by atoms with E-state index in [9.17, 15) is 13.2 Å². The van der Waals surface area contributed by atoms with Crippen molar-refractivity contribution >= 4 is 15.7 Å². The van der Waals surface area contributed by atoms with E-state index in [0.29, 0.717) is 18.7 Å². The van der Waals surface area contributed by atoms with E-state index in [-0.39, 0.29) is 29.4 Å². The molecule has 2 aromatic carbocycles. The lowest BCUT2D eigenvalue weighted by atomic mass is 9.95. The molecule has 37 heavy (non-hydrogen) atoms. The molecule has 0 unspecified atom stereocenters. The summed E-state index contributed by atoms with van der Waals surface area (Å²) in [5.74, 6) is -0.205. The standard InChI is InChI=1S/C29H37N3O4S/c1-22-10-9-12-24(18-22)21-37(34,35)29-30-19-26(32(29)25-13-5-4-6-14-25)20-31(16-17-36-3)28(33)27-15-8-7-11-23(27)2/h7-12,15,18-19,25H,4-6,13-14,16-17,20-21H2,1-3H3. The van der Waals surface area contributed by atoms with Crippen molar-refractivity contribution in [1.82, 2.24) is 14.5 Å². The number of hydrogen-bond acceptors (Lipinski definition) is 5. The molecule has 0 bridgehead atoms. The average Bonchev–Trinajstić information content (AvgIpc) is 3.31. The van der Waals surface area contributed by atoms with E-state index >= 15 is 0 Å². The minimum atomic E-state index is -3.70. The molecule has 3 aromatic rings. The van der Waals surface area contributed by atoms with Crippen LogP contribution in [0.5, 0.6) is 0 Å². The molecule has 4 rings (SSSR count). The van der Waals surface area contributed by atoms with Crippen molar-refractivity contribution in [2.45, 2.75) is 69.4 Å². The molecule has 1 amide bonds. The maximum Gasteiger partial charge on any atom is 0.254 e. The van der Waals surface area contributed by atoms with Gasteiger partial charge < -0.3 is 14.2 Å². The van der Waals surface area contributed by atoms with Gasteiger partial charge in [-0.15, -0.1) is 0 Å². The van der Waals surface area contributed by atoms with E-state index in [1.54, 1.807) is 18.2 Å². The summed E-state index contributed by atoms with van der Waals surface area (Å²) in [5.41, 5.74) is 4.04. The van der Waals surface area contributed by atoms with Crippen LogP contribution in [0.2, 0.25) is 0 Å². The molecule has 0 aliphatic heterocycles. The Morgan fingerprint density at radius 3 is 2.54 bits per heavy atom. The zero-order valence-electron chi connectivity index (χ0n) is 22.0. The van der Waals surface area contributed by atoms with Crippen LogP contribution in [0.3, 0.4) is 0 Å². The third-order valence-electron chi connectivity index (χ3n) is 7.08. The van der Waals surface area contributed by atoms with Gasteiger partial charge >= 0.3 is 0 Å². The van der Waals surface area contributed by atoms with E-state index < -0.39 is 9.84 Å². The molecule has 0 radical (unpaired) electrons. The summed E-state index contributed by atoms with van der Waals surface area (Å²) in [4.78, 5) is 19.8. The number of rotatable bonds is 10. The van der Waals surface area contributed by atoms with E-state index in [1.807, 2.05) is 66.9 Å². The molecule has 1 heterocycles. The number of aryl methyl sites for hydroxylation is 2. The highest BCUT2D eigenvalue weighted by atomic mass is 32.2. The number of amides is 1. The second-order valence-electron chi connectivity index (χ2n) is 9.98. The van der Waals surface area contributed by atoms with Crippen molar-refractivity contribution in [2.75, 3.05) is 20.3 Å². The Bertz CT molecular complexity index is 1330. The van der Waals surface area contributed by atoms with Gasteiger partial charge in [-0.3, -0.25) is 4.79 Å². The predicted molar refractivity (Wildman–Crippen MR) is 144 cm³/mol. The van der Waals surface area contributed by atoms with Crippen LogP contribution in [0, 0.1) is 13.8 Å². The predicted octanol–water partition coefficient (Wildman–Crippen LogP) is 5.27. The van der Waals surface area contributed by atoms with Gasteiger partial charge in [-0.1, -0.05) is 67.3 Å². The van der Waals surface area contributed by atoms with Gasteiger partial charge in [0.15, 0.2) is 0 Å². The van der Waals surface area contributed by atoms with E-state index in [1.165, 1.54) is 0 Å². The summed E-state index contributed by atoms with van der Waals surface area (Å²) in [6, 6.07) is 15.1. The number of hydrogen-bond donors (Lipinski definition) is 0. The van der Waals surface area contributed by atoms with E-state index in [0.717, 1.165) is 54.5 Å². The molecular weight excluding hydrogens is 486 g/mol. The molecule has 0 spiro atoms. The van der Waals surface area contributed by atoms with Crippen molar-refractivity contribution in [3.05, 3.63) is 82.7 Å². The Labute approximate surface area is 220 Å². The summed E-state index contributed by atoms with van der Waals surface area (Å²) >= 11 is 0. The van der Waals surface area contributed by atoms with Crippen molar-refractivity contribution in [3.63, 3.8) is 0 Å². The number of benzene rings is 2. The number of aromatic nitrogens is 2. The quantitative estimate of drug-likeness (QED) is 0.362. The summed E-state index contributed by atoms with van der Waals surface area (Å²) in [5, 5.41) is 0.103. The van der Waals surface area contributed by atoms with Gasteiger partial charge in [0.1, 0.15) is 0 Å². The van der Waals surface area contributed by atoms with Crippen LogP contribution in [0.25, 0.3) is 0 Å². The van der Waals surface area contributed by atoms with Crippen LogP contribution >= 0.6 is 0 Å². The lowest BCUT2D eigenvalue weighted by Gasteiger charge is -2.29. The fourth-order valence-electron chi connectivity index (χ4n) is 5.17. The molecule has 1 aliphatic rings. The molecule has 0 saturated heterocycles. The van der Waals surface area contributed by atoms with Gasteiger partial charge in [-0.2, -0.15) is 0 Å². The van der Waals surface area contributed by atoms with Crippen LogP contribution in [0.1, 0.15) is 70.9 Å². The molecule has 7 nitrogen and oxygen atoms in total. The summed E-state index contributed by atoms with van der Waals surface area (Å²) in [6.07, 6.45) is 6.70. The number of ether oxygens (including phenoxy) is 1. The first-order valence-corrected chi connectivity index (χ1v) is 14.6. The fraction of sp³-hybridized carbons (Fsp3) is 0.448. The van der Waals surface area contributed by atoms with Gasteiger partial charge in [0, 0.05) is 25.3 Å². The fourth-order valence-corrected chi connectivity index (χ4v) is 6.70. The number of sulfone groups is 1. The highest BCUT2D eigenvalue weighted by Crippen LogP contribution is 2.33. The smallest absolute Gasteiger partial charge is 0.254 e. The number of methoxy groups -OCH3 is 1. The average molecular weight is 524 g/mol. The first-order valence-electron chi connectivity index (χ1n) is 13.0. The van der Waals surface area contributed by atoms with E-state index in [2.05, 4.69) is 4.98 Å². The zero-order valence-corrected chi connectivity index (χ0v) is 22.8. The SMILES string of the molecule is COCCN(Cc1cnc(S(=O)(=O)Cc2cccc(C)c2)n1C1CCCCC1)C(=O)c1ccccc1C. The Morgan fingerprint density at radius 2 is 1.84 bits per heavy atom. The first kappa shape index (κ1) is 27.1. The second kappa shape index (κ2) is 12.0. The third kappa shape index (κ3) is 6.48. The Balaban J connectivity index is 1.71. The molecular formula is C29H37N3O4S. The number of carbonyl (C=O) groups excluding carboxylic acids is 1. The Hall–Kier alpha value is -2.97. The van der Waals surface area contributed by atoms with Gasteiger partial charge in [-0.05, 0) is 43.9 Å². The number of carbonyl (C=O) groups is 1. The molecule has 1 saturated carbocycles. The summed E-state index contributed by atoms with van der Waals surface area (Å²) < 4.78 is 34.5. The molecule has 0 atom stereocenters. The van der Waals surface area contributed by atoms with Crippen LogP contribution in [-0.4, -0.2) is 49.0 Å². The molecule has 8 heteroatoms. The Morgan fingerprint density at radius 1 is 1.08 bits per heavy atom. The van der Waals surface area contributed by atoms with Crippen molar-refractivity contribution in [1.29, 1.82) is 0 Å². The third-order valence-corrected chi connectivity index (χ3v) is 8.65. The van der Waals surface area contributed by atoms with Gasteiger partial charge in [0.25, 0.3) is 5.91 Å². The van der Waals surface area contributed by atoms with Crippen molar-refractivity contribution < 1.29 is 17.9 Å². The molecule has 1 aliphatic carbocycles. The van der Waals surface area contributed by atoms with Crippen LogP contribution in [-0.2, 0) is 26.9 Å². The number of imidazole rings is 1. The molecule has 1 fully saturated rings. The maximum atomic E-state index is 13.7. The van der Waals surface area contributed by atoms with E-state index in [4.69, 9.17) is 4.74 Å². The Kier molecular flexibility index (Phi) is 8.82. The highest BCUT2D eigenvalue weighted by molar-refractivity contribution is 7.90. The van der Waals surface area contributed by atoms with Gasteiger partial charge in [-0.25, -0.2) is 13.4 Å². The largest absolute Gasteiger partial charge is 0.383 e. The normalized spacial score (nSPS) is 14.6. The number of nitrogens with zero attached hydrogens (tertiary/aromatic N) is 3. The first-order chi connectivity index (χ1) is 17.8. The molecule has 1 aromatic heterocycles. The zero-order chi connectivity index (χ0) is 26.4. The lowest BCUT2D eigenvalue weighted by Crippen LogP contribution is -2.35. The highest BCUT2D eigenvalue weighted by Gasteiger charge is 2.30. The summed E-state index contributed by atoms with van der Waals surface area (Å²) in [7, 11) is -2.09. The minimum absolute atomic E-state index is 0.0476. The topological polar surface area (TPSA) is 81.5 Å². The van der Waals surface area contributed by atoms with Gasteiger partial charge in [0.05, 0.1) is 30.8 Å². The minimum Gasteiger partial charge on any atom is -0.383 e. The van der Waals surface area contributed by atoms with Crippen molar-refractivity contribution in [3.8, 4) is 0 Å². The molecule has 0 N–H and O–H groups in total. The van der Waals surface area contributed by atoms with Crippen molar-refractivity contribution in [2.24, 2.45) is 0 Å².